The number of fused-ring (bicyclic) bond motifs is 1. The summed E-state index contributed by atoms with van der Waals surface area (Å²) in [6, 6.07) is 9.20. The average molecular weight is 438 g/mol. The Labute approximate surface area is 188 Å². The number of aromatic nitrogens is 1. The summed E-state index contributed by atoms with van der Waals surface area (Å²) in [5.74, 6) is 0.649. The molecule has 2 amide bonds. The molecule has 7 heteroatoms. The zero-order valence-corrected chi connectivity index (χ0v) is 19.6. The molecular formula is C25H31N3O4. The normalized spacial score (nSPS) is 10.8. The summed E-state index contributed by atoms with van der Waals surface area (Å²) in [5, 5.41) is 3.84. The summed E-state index contributed by atoms with van der Waals surface area (Å²) >= 11 is 0. The van der Waals surface area contributed by atoms with Crippen LogP contribution in [-0.2, 0) is 4.79 Å². The van der Waals surface area contributed by atoms with Crippen LogP contribution in [-0.4, -0.2) is 48.5 Å². The van der Waals surface area contributed by atoms with Crippen LogP contribution < -0.4 is 14.8 Å². The highest BCUT2D eigenvalue weighted by Crippen LogP contribution is 2.30. The number of likely N-dealkylation sites (N-methyl/N-ethyl adjacent to an activating group) is 1. The van der Waals surface area contributed by atoms with Crippen molar-refractivity contribution in [2.45, 2.75) is 34.6 Å². The van der Waals surface area contributed by atoms with Crippen molar-refractivity contribution < 1.29 is 19.1 Å². The van der Waals surface area contributed by atoms with Crippen molar-refractivity contribution >= 4 is 28.4 Å². The van der Waals surface area contributed by atoms with Gasteiger partial charge >= 0.3 is 0 Å². The van der Waals surface area contributed by atoms with E-state index in [9.17, 15) is 9.59 Å². The van der Waals surface area contributed by atoms with Gasteiger partial charge in [-0.25, -0.2) is 0 Å². The van der Waals surface area contributed by atoms with E-state index in [1.807, 2.05) is 33.8 Å². The topological polar surface area (TPSA) is 83.7 Å². The van der Waals surface area contributed by atoms with Crippen LogP contribution in [0.5, 0.6) is 11.5 Å². The quantitative estimate of drug-likeness (QED) is 0.539. The first-order valence-electron chi connectivity index (χ1n) is 10.8. The second-order valence-corrected chi connectivity index (χ2v) is 7.84. The van der Waals surface area contributed by atoms with Crippen molar-refractivity contribution in [3.8, 4) is 11.5 Å². The molecule has 0 fully saturated rings. The van der Waals surface area contributed by atoms with E-state index in [0.29, 0.717) is 36.1 Å². The Hall–Kier alpha value is -3.48. The fraction of sp³-hybridized carbons (Fsp3) is 0.360. The van der Waals surface area contributed by atoms with Gasteiger partial charge in [-0.2, -0.15) is 0 Å². The Morgan fingerprint density at radius 3 is 2.34 bits per heavy atom. The third-order valence-corrected chi connectivity index (χ3v) is 5.43. The van der Waals surface area contributed by atoms with E-state index >= 15 is 0 Å². The molecule has 3 aromatic rings. The number of nitrogens with one attached hydrogen (secondary N) is 2. The zero-order valence-electron chi connectivity index (χ0n) is 19.6. The summed E-state index contributed by atoms with van der Waals surface area (Å²) in [7, 11) is 1.61. The van der Waals surface area contributed by atoms with E-state index in [1.165, 1.54) is 10.5 Å². The van der Waals surface area contributed by atoms with E-state index in [-0.39, 0.29) is 18.4 Å². The molecule has 32 heavy (non-hydrogen) atoms. The fourth-order valence-electron chi connectivity index (χ4n) is 3.71. The molecule has 0 aliphatic rings. The Morgan fingerprint density at radius 1 is 0.969 bits per heavy atom. The Balaban J connectivity index is 1.71. The lowest BCUT2D eigenvalue weighted by Gasteiger charge is -2.17. The SMILES string of the molecule is CCOc1ccc(NC(=O)CN(C)C(=O)c2cc3c(C)cc(C)c(C)c3[nH]2)cc1OCC. The molecule has 0 aliphatic carbocycles. The van der Waals surface area contributed by atoms with Gasteiger partial charge in [-0.05, 0) is 69.5 Å². The lowest BCUT2D eigenvalue weighted by Crippen LogP contribution is -2.35. The van der Waals surface area contributed by atoms with E-state index in [0.717, 1.165) is 22.0 Å². The number of aromatic amines is 1. The summed E-state index contributed by atoms with van der Waals surface area (Å²) in [5.41, 5.74) is 5.40. The smallest absolute Gasteiger partial charge is 0.270 e. The van der Waals surface area contributed by atoms with Crippen LogP contribution >= 0.6 is 0 Å². The predicted octanol–water partition coefficient (Wildman–Crippen LogP) is 4.60. The van der Waals surface area contributed by atoms with Gasteiger partial charge in [-0.1, -0.05) is 6.07 Å². The molecule has 0 spiro atoms. The number of nitrogens with zero attached hydrogens (tertiary/aromatic N) is 1. The third-order valence-electron chi connectivity index (χ3n) is 5.43. The molecule has 0 bridgehead atoms. The first kappa shape index (κ1) is 23.2. The van der Waals surface area contributed by atoms with Crippen LogP contribution in [0, 0.1) is 20.8 Å². The highest BCUT2D eigenvalue weighted by Gasteiger charge is 2.19. The molecule has 0 atom stereocenters. The standard InChI is InChI=1S/C25H31N3O4/c1-7-31-21-10-9-18(12-22(21)32-8-2)26-23(29)14-28(6)25(30)20-13-19-16(4)11-15(3)17(5)24(19)27-20/h9-13,27H,7-8,14H2,1-6H3,(H,26,29). The third kappa shape index (κ3) is 4.88. The molecule has 0 aliphatic heterocycles. The lowest BCUT2D eigenvalue weighted by atomic mass is 10.0. The summed E-state index contributed by atoms with van der Waals surface area (Å²) in [4.78, 5) is 30.2. The average Bonchev–Trinajstić information content (AvgIpc) is 3.20. The van der Waals surface area contributed by atoms with Gasteiger partial charge in [0.25, 0.3) is 5.91 Å². The van der Waals surface area contributed by atoms with E-state index in [4.69, 9.17) is 9.47 Å². The minimum absolute atomic E-state index is 0.0810. The highest BCUT2D eigenvalue weighted by atomic mass is 16.5. The van der Waals surface area contributed by atoms with Crippen molar-refractivity contribution in [1.82, 2.24) is 9.88 Å². The Kier molecular flexibility index (Phi) is 7.08. The van der Waals surface area contributed by atoms with Gasteiger partial charge in [0.2, 0.25) is 5.91 Å². The van der Waals surface area contributed by atoms with Crippen molar-refractivity contribution in [3.05, 3.63) is 52.7 Å². The summed E-state index contributed by atoms with van der Waals surface area (Å²) in [6.07, 6.45) is 0. The van der Waals surface area contributed by atoms with Gasteiger partial charge in [0.05, 0.1) is 19.8 Å². The van der Waals surface area contributed by atoms with Gasteiger partial charge in [-0.15, -0.1) is 0 Å². The Morgan fingerprint density at radius 2 is 1.66 bits per heavy atom. The van der Waals surface area contributed by atoms with Gasteiger partial charge in [0.1, 0.15) is 5.69 Å². The number of benzene rings is 2. The Bertz CT molecular complexity index is 1150. The maximum Gasteiger partial charge on any atom is 0.270 e. The number of hydrogen-bond donors (Lipinski definition) is 2. The molecule has 0 unspecified atom stereocenters. The van der Waals surface area contributed by atoms with E-state index < -0.39 is 0 Å². The molecule has 170 valence electrons. The van der Waals surface area contributed by atoms with Crippen LogP contribution in [0.25, 0.3) is 10.9 Å². The number of ether oxygens (including phenoxy) is 2. The monoisotopic (exact) mass is 437 g/mol. The molecule has 1 heterocycles. The maximum atomic E-state index is 12.9. The minimum atomic E-state index is -0.299. The second kappa shape index (κ2) is 9.77. The number of anilines is 1. The molecule has 0 saturated heterocycles. The van der Waals surface area contributed by atoms with Gasteiger partial charge in [0.15, 0.2) is 11.5 Å². The number of aryl methyl sites for hydroxylation is 3. The van der Waals surface area contributed by atoms with E-state index in [2.05, 4.69) is 23.3 Å². The van der Waals surface area contributed by atoms with Crippen LogP contribution in [0.3, 0.4) is 0 Å². The zero-order chi connectivity index (χ0) is 23.4. The van der Waals surface area contributed by atoms with E-state index in [1.54, 1.807) is 25.2 Å². The minimum Gasteiger partial charge on any atom is -0.490 e. The van der Waals surface area contributed by atoms with Gasteiger partial charge in [-0.3, -0.25) is 9.59 Å². The summed E-state index contributed by atoms with van der Waals surface area (Å²) in [6.45, 7) is 10.8. The van der Waals surface area contributed by atoms with Crippen molar-refractivity contribution in [1.29, 1.82) is 0 Å². The summed E-state index contributed by atoms with van der Waals surface area (Å²) < 4.78 is 11.1. The van der Waals surface area contributed by atoms with Crippen LogP contribution in [0.2, 0.25) is 0 Å². The lowest BCUT2D eigenvalue weighted by molar-refractivity contribution is -0.116. The number of amides is 2. The maximum absolute atomic E-state index is 12.9. The number of rotatable bonds is 8. The number of H-pyrrole nitrogens is 1. The number of carbonyl (C=O) groups excluding carboxylic acids is 2. The van der Waals surface area contributed by atoms with Crippen molar-refractivity contribution in [3.63, 3.8) is 0 Å². The van der Waals surface area contributed by atoms with Crippen molar-refractivity contribution in [2.75, 3.05) is 32.1 Å². The van der Waals surface area contributed by atoms with Gasteiger partial charge in [0, 0.05) is 29.7 Å². The van der Waals surface area contributed by atoms with Gasteiger partial charge < -0.3 is 24.7 Å². The molecule has 2 N–H and O–H groups in total. The first-order valence-corrected chi connectivity index (χ1v) is 10.8. The first-order chi connectivity index (χ1) is 15.2. The van der Waals surface area contributed by atoms with Crippen LogP contribution in [0.4, 0.5) is 5.69 Å². The largest absolute Gasteiger partial charge is 0.490 e. The highest BCUT2D eigenvalue weighted by molar-refractivity contribution is 6.02. The molecule has 0 saturated carbocycles. The van der Waals surface area contributed by atoms with Crippen LogP contribution in [0.1, 0.15) is 41.0 Å². The second-order valence-electron chi connectivity index (χ2n) is 7.84. The van der Waals surface area contributed by atoms with Crippen LogP contribution in [0.15, 0.2) is 30.3 Å². The number of hydrogen-bond acceptors (Lipinski definition) is 4. The molecule has 7 nitrogen and oxygen atoms in total. The molecule has 3 rings (SSSR count). The molecule has 2 aromatic carbocycles. The predicted molar refractivity (Wildman–Crippen MR) is 127 cm³/mol. The molecule has 1 aromatic heterocycles. The van der Waals surface area contributed by atoms with Crippen molar-refractivity contribution in [2.24, 2.45) is 0 Å². The number of carbonyl (C=O) groups is 2. The molecular weight excluding hydrogens is 406 g/mol. The molecule has 0 radical (unpaired) electrons. The fourth-order valence-corrected chi connectivity index (χ4v) is 3.71.